The average molecular weight is 356 g/mol. The number of rotatable bonds is 6. The Bertz CT molecular complexity index is 876. The molecule has 7 nitrogen and oxygen atoms in total. The third-order valence-electron chi connectivity index (χ3n) is 4.01. The molecule has 1 atom stereocenters. The first-order valence-corrected chi connectivity index (χ1v) is 8.03. The first-order chi connectivity index (χ1) is 12.2. The lowest BCUT2D eigenvalue weighted by atomic mass is 9.99. The van der Waals surface area contributed by atoms with E-state index in [1.807, 2.05) is 19.1 Å². The number of nitro benzene ring substituents is 1. The highest BCUT2D eigenvalue weighted by Gasteiger charge is 2.23. The van der Waals surface area contributed by atoms with Gasteiger partial charge >= 0.3 is 5.97 Å². The third-order valence-corrected chi connectivity index (χ3v) is 4.01. The van der Waals surface area contributed by atoms with Crippen molar-refractivity contribution in [3.8, 4) is 0 Å². The predicted octanol–water partition coefficient (Wildman–Crippen LogP) is 3.68. The highest BCUT2D eigenvalue weighted by atomic mass is 16.6. The molecule has 0 unspecified atom stereocenters. The van der Waals surface area contributed by atoms with Crippen molar-refractivity contribution in [3.05, 3.63) is 68.8 Å². The van der Waals surface area contributed by atoms with Crippen LogP contribution in [0.5, 0.6) is 0 Å². The molecule has 7 heteroatoms. The summed E-state index contributed by atoms with van der Waals surface area (Å²) in [4.78, 5) is 35.4. The molecule has 1 N–H and O–H groups in total. The molecule has 2 aromatic rings. The summed E-state index contributed by atoms with van der Waals surface area (Å²) in [5, 5.41) is 13.8. The van der Waals surface area contributed by atoms with E-state index in [1.54, 1.807) is 20.0 Å². The van der Waals surface area contributed by atoms with E-state index in [0.717, 1.165) is 17.2 Å². The smallest absolute Gasteiger partial charge is 0.339 e. The lowest BCUT2D eigenvalue weighted by Crippen LogP contribution is -2.25. The number of ether oxygens (including phenoxy) is 1. The van der Waals surface area contributed by atoms with E-state index in [-0.39, 0.29) is 22.7 Å². The molecule has 0 spiro atoms. The highest BCUT2D eigenvalue weighted by molar-refractivity contribution is 6.02. The Kier molecular flexibility index (Phi) is 5.71. The summed E-state index contributed by atoms with van der Waals surface area (Å²) in [7, 11) is 1.55. The fourth-order valence-electron chi connectivity index (χ4n) is 2.52. The van der Waals surface area contributed by atoms with E-state index in [9.17, 15) is 19.7 Å². The number of Topliss-reactive ketones (excluding diaryl/α,β-unsaturated/α-hetero) is 1. The number of nitrogens with zero attached hydrogens (tertiary/aromatic N) is 1. The second kappa shape index (κ2) is 7.77. The monoisotopic (exact) mass is 356 g/mol. The summed E-state index contributed by atoms with van der Waals surface area (Å²) in [5.74, 6) is -1.11. The first kappa shape index (κ1) is 19.1. The molecule has 0 bridgehead atoms. The molecule has 0 aliphatic rings. The van der Waals surface area contributed by atoms with Crippen LogP contribution in [0.4, 0.5) is 11.4 Å². The number of hydrogen-bond donors (Lipinski definition) is 1. The standard InChI is InChI=1S/C19H20N2O5/c1-11-5-6-12(2)15(9-11)18(22)13(3)26-19(23)14-7-8-16(20-4)17(10-14)21(24)25/h5-10,13,20H,1-4H3/t13-/m0/s1. The molecule has 0 heterocycles. The molecule has 2 aromatic carbocycles. The summed E-state index contributed by atoms with van der Waals surface area (Å²) in [6.07, 6.45) is -1.01. The number of nitrogens with one attached hydrogen (secondary N) is 1. The van der Waals surface area contributed by atoms with Gasteiger partial charge in [-0.3, -0.25) is 14.9 Å². The molecule has 0 aromatic heterocycles. The van der Waals surface area contributed by atoms with Gasteiger partial charge in [-0.1, -0.05) is 17.7 Å². The Hall–Kier alpha value is -3.22. The van der Waals surface area contributed by atoms with Gasteiger partial charge in [0.05, 0.1) is 10.5 Å². The van der Waals surface area contributed by atoms with Crippen LogP contribution in [0.15, 0.2) is 36.4 Å². The van der Waals surface area contributed by atoms with Gasteiger partial charge in [0.1, 0.15) is 5.69 Å². The first-order valence-electron chi connectivity index (χ1n) is 8.03. The van der Waals surface area contributed by atoms with Crippen LogP contribution in [0.3, 0.4) is 0 Å². The van der Waals surface area contributed by atoms with Crippen LogP contribution in [-0.2, 0) is 4.74 Å². The molecule has 0 saturated heterocycles. The Morgan fingerprint density at radius 2 is 1.85 bits per heavy atom. The van der Waals surface area contributed by atoms with Crippen LogP contribution < -0.4 is 5.32 Å². The molecule has 0 aliphatic carbocycles. The lowest BCUT2D eigenvalue weighted by molar-refractivity contribution is -0.384. The van der Waals surface area contributed by atoms with Crippen molar-refractivity contribution < 1.29 is 19.2 Å². The topological polar surface area (TPSA) is 98.5 Å². The Labute approximate surface area is 151 Å². The van der Waals surface area contributed by atoms with Gasteiger partial charge in [0.15, 0.2) is 6.10 Å². The van der Waals surface area contributed by atoms with Gasteiger partial charge in [-0.2, -0.15) is 0 Å². The van der Waals surface area contributed by atoms with Crippen molar-refractivity contribution >= 4 is 23.1 Å². The maximum absolute atomic E-state index is 12.6. The number of aryl methyl sites for hydroxylation is 2. The normalized spacial score (nSPS) is 11.5. The van der Waals surface area contributed by atoms with Gasteiger partial charge in [0, 0.05) is 18.7 Å². The fraction of sp³-hybridized carbons (Fsp3) is 0.263. The zero-order valence-corrected chi connectivity index (χ0v) is 15.0. The van der Waals surface area contributed by atoms with Crippen LogP contribution in [0.25, 0.3) is 0 Å². The summed E-state index contributed by atoms with van der Waals surface area (Å²) in [5.41, 5.74) is 2.26. The van der Waals surface area contributed by atoms with E-state index < -0.39 is 17.0 Å². The number of esters is 1. The zero-order valence-electron chi connectivity index (χ0n) is 15.0. The van der Waals surface area contributed by atoms with E-state index in [1.165, 1.54) is 19.1 Å². The highest BCUT2D eigenvalue weighted by Crippen LogP contribution is 2.25. The van der Waals surface area contributed by atoms with Crippen LogP contribution in [0.2, 0.25) is 0 Å². The van der Waals surface area contributed by atoms with Gasteiger partial charge in [-0.15, -0.1) is 0 Å². The van der Waals surface area contributed by atoms with Crippen molar-refractivity contribution in [3.63, 3.8) is 0 Å². The number of carbonyl (C=O) groups excluding carboxylic acids is 2. The maximum atomic E-state index is 12.6. The number of hydrogen-bond acceptors (Lipinski definition) is 6. The number of nitro groups is 1. The predicted molar refractivity (Wildman–Crippen MR) is 97.8 cm³/mol. The Morgan fingerprint density at radius 3 is 2.46 bits per heavy atom. The summed E-state index contributed by atoms with van der Waals surface area (Å²) < 4.78 is 5.22. The molecule has 0 aliphatic heterocycles. The van der Waals surface area contributed by atoms with Crippen LogP contribution in [-0.4, -0.2) is 29.8 Å². The van der Waals surface area contributed by atoms with Crippen molar-refractivity contribution in [2.24, 2.45) is 0 Å². The quantitative estimate of drug-likeness (QED) is 0.367. The van der Waals surface area contributed by atoms with Crippen molar-refractivity contribution in [2.75, 3.05) is 12.4 Å². The number of anilines is 1. The molecule has 0 radical (unpaired) electrons. The van der Waals surface area contributed by atoms with Crippen molar-refractivity contribution in [2.45, 2.75) is 26.9 Å². The molecule has 26 heavy (non-hydrogen) atoms. The minimum Gasteiger partial charge on any atom is -0.451 e. The fourth-order valence-corrected chi connectivity index (χ4v) is 2.52. The van der Waals surface area contributed by atoms with Gasteiger partial charge in [0.25, 0.3) is 5.69 Å². The van der Waals surface area contributed by atoms with Gasteiger partial charge in [-0.25, -0.2) is 4.79 Å². The van der Waals surface area contributed by atoms with Gasteiger partial charge < -0.3 is 10.1 Å². The summed E-state index contributed by atoms with van der Waals surface area (Å²) in [6, 6.07) is 9.43. The SMILES string of the molecule is CNc1ccc(C(=O)O[C@@H](C)C(=O)c2cc(C)ccc2C)cc1[N+](=O)[O-]. The number of benzene rings is 2. The molecular formula is C19H20N2O5. The van der Waals surface area contributed by atoms with Crippen LogP contribution in [0.1, 0.15) is 38.8 Å². The zero-order chi connectivity index (χ0) is 19.4. The van der Waals surface area contributed by atoms with Gasteiger partial charge in [-0.05, 0) is 44.5 Å². The molecular weight excluding hydrogens is 336 g/mol. The van der Waals surface area contributed by atoms with Crippen molar-refractivity contribution in [1.29, 1.82) is 0 Å². The van der Waals surface area contributed by atoms with E-state index in [0.29, 0.717) is 5.56 Å². The third kappa shape index (κ3) is 4.05. The van der Waals surface area contributed by atoms with Crippen LogP contribution >= 0.6 is 0 Å². The maximum Gasteiger partial charge on any atom is 0.339 e. The Balaban J connectivity index is 2.21. The molecule has 0 saturated carbocycles. The lowest BCUT2D eigenvalue weighted by Gasteiger charge is -2.14. The van der Waals surface area contributed by atoms with Gasteiger partial charge in [0.2, 0.25) is 5.78 Å². The molecule has 0 amide bonds. The minimum absolute atomic E-state index is 0.0105. The van der Waals surface area contributed by atoms with E-state index >= 15 is 0 Å². The van der Waals surface area contributed by atoms with E-state index in [2.05, 4.69) is 5.32 Å². The molecule has 0 fully saturated rings. The second-order valence-corrected chi connectivity index (χ2v) is 5.97. The largest absolute Gasteiger partial charge is 0.451 e. The van der Waals surface area contributed by atoms with Crippen molar-refractivity contribution in [1.82, 2.24) is 0 Å². The number of carbonyl (C=O) groups is 2. The van der Waals surface area contributed by atoms with E-state index in [4.69, 9.17) is 4.74 Å². The second-order valence-electron chi connectivity index (χ2n) is 5.97. The minimum atomic E-state index is -1.01. The van der Waals surface area contributed by atoms with Crippen LogP contribution in [0, 0.1) is 24.0 Å². The average Bonchev–Trinajstić information content (AvgIpc) is 2.62. The number of ketones is 1. The molecule has 136 valence electrons. The molecule has 2 rings (SSSR count). The Morgan fingerprint density at radius 1 is 1.15 bits per heavy atom. The summed E-state index contributed by atoms with van der Waals surface area (Å²) >= 11 is 0. The summed E-state index contributed by atoms with van der Waals surface area (Å²) in [6.45, 7) is 5.16.